The minimum atomic E-state index is 0.702. The first-order valence-electron chi connectivity index (χ1n) is 6.69. The van der Waals surface area contributed by atoms with Crippen LogP contribution in [0.1, 0.15) is 33.1 Å². The summed E-state index contributed by atoms with van der Waals surface area (Å²) in [6.45, 7) is 11.8. The Morgan fingerprint density at radius 1 is 1.06 bits per heavy atom. The molecule has 0 saturated carbocycles. The third-order valence-corrected chi connectivity index (χ3v) is 3.43. The van der Waals surface area contributed by atoms with Gasteiger partial charge in [0.05, 0.1) is 0 Å². The molecule has 1 aliphatic heterocycles. The van der Waals surface area contributed by atoms with Crippen LogP contribution in [0.25, 0.3) is 0 Å². The number of methoxy groups -OCH3 is 1. The molecular weight excluding hydrogens is 200 g/mol. The van der Waals surface area contributed by atoms with Crippen molar-refractivity contribution in [3.63, 3.8) is 0 Å². The lowest BCUT2D eigenvalue weighted by Gasteiger charge is -2.24. The first-order chi connectivity index (χ1) is 7.74. The molecule has 0 aromatic heterocycles. The van der Waals surface area contributed by atoms with Gasteiger partial charge in [-0.25, -0.2) is 0 Å². The maximum atomic E-state index is 5.08. The summed E-state index contributed by atoms with van der Waals surface area (Å²) in [5, 5.41) is 0. The van der Waals surface area contributed by atoms with Crippen LogP contribution in [0.5, 0.6) is 0 Å². The number of nitrogens with zero attached hydrogens (tertiary/aromatic N) is 2. The van der Waals surface area contributed by atoms with Gasteiger partial charge in [0.25, 0.3) is 0 Å². The first-order valence-corrected chi connectivity index (χ1v) is 6.69. The van der Waals surface area contributed by atoms with Crippen molar-refractivity contribution in [3.8, 4) is 0 Å². The molecular formula is C13H28N2O. The Balaban J connectivity index is 2.15. The molecule has 1 saturated heterocycles. The van der Waals surface area contributed by atoms with Crippen LogP contribution in [-0.4, -0.2) is 62.3 Å². The second kappa shape index (κ2) is 8.04. The van der Waals surface area contributed by atoms with Gasteiger partial charge in [0.1, 0.15) is 0 Å². The Bertz CT molecular complexity index is 173. The summed E-state index contributed by atoms with van der Waals surface area (Å²) in [6, 6.07) is 0.702. The second-order valence-electron chi connectivity index (χ2n) is 5.02. The van der Waals surface area contributed by atoms with Crippen molar-refractivity contribution >= 4 is 0 Å². The van der Waals surface area contributed by atoms with Crippen LogP contribution in [0.15, 0.2) is 0 Å². The Labute approximate surface area is 101 Å². The molecule has 1 rings (SSSR count). The van der Waals surface area contributed by atoms with Gasteiger partial charge in [-0.3, -0.25) is 4.90 Å². The van der Waals surface area contributed by atoms with Crippen LogP contribution < -0.4 is 0 Å². The van der Waals surface area contributed by atoms with E-state index in [2.05, 4.69) is 23.6 Å². The predicted molar refractivity (Wildman–Crippen MR) is 68.9 cm³/mol. The summed E-state index contributed by atoms with van der Waals surface area (Å²) in [5.74, 6) is 0. The lowest BCUT2D eigenvalue weighted by atomic mass is 10.3. The molecule has 0 atom stereocenters. The van der Waals surface area contributed by atoms with E-state index in [4.69, 9.17) is 4.74 Å². The molecule has 0 aromatic carbocycles. The van der Waals surface area contributed by atoms with Gasteiger partial charge in [-0.15, -0.1) is 0 Å². The molecule has 0 N–H and O–H groups in total. The van der Waals surface area contributed by atoms with Gasteiger partial charge in [0.2, 0.25) is 0 Å². The average Bonchev–Trinajstić information content (AvgIpc) is 2.50. The van der Waals surface area contributed by atoms with E-state index in [0.29, 0.717) is 6.04 Å². The van der Waals surface area contributed by atoms with Gasteiger partial charge >= 0.3 is 0 Å². The summed E-state index contributed by atoms with van der Waals surface area (Å²) in [5.41, 5.74) is 0. The Morgan fingerprint density at radius 2 is 1.88 bits per heavy atom. The monoisotopic (exact) mass is 228 g/mol. The summed E-state index contributed by atoms with van der Waals surface area (Å²) in [6.07, 6.45) is 3.79. The van der Waals surface area contributed by atoms with E-state index in [0.717, 1.165) is 6.61 Å². The zero-order valence-electron chi connectivity index (χ0n) is 11.2. The minimum Gasteiger partial charge on any atom is -0.385 e. The van der Waals surface area contributed by atoms with E-state index < -0.39 is 0 Å². The van der Waals surface area contributed by atoms with Crippen LogP contribution in [-0.2, 0) is 4.74 Å². The topological polar surface area (TPSA) is 15.7 Å². The van der Waals surface area contributed by atoms with Gasteiger partial charge in [-0.1, -0.05) is 0 Å². The fraction of sp³-hybridized carbons (Fsp3) is 1.00. The normalized spacial score (nSPS) is 20.2. The van der Waals surface area contributed by atoms with Crippen LogP contribution in [0.4, 0.5) is 0 Å². The van der Waals surface area contributed by atoms with Crippen LogP contribution in [0, 0.1) is 0 Å². The van der Waals surface area contributed by atoms with Crippen LogP contribution in [0.3, 0.4) is 0 Å². The number of rotatable bonds is 6. The lowest BCUT2D eigenvalue weighted by molar-refractivity contribution is 0.182. The Kier molecular flexibility index (Phi) is 7.01. The number of hydrogen-bond donors (Lipinski definition) is 0. The summed E-state index contributed by atoms with van der Waals surface area (Å²) in [4.78, 5) is 5.20. The summed E-state index contributed by atoms with van der Waals surface area (Å²) in [7, 11) is 1.78. The van der Waals surface area contributed by atoms with Gasteiger partial charge in [-0.2, -0.15) is 0 Å². The third kappa shape index (κ3) is 5.28. The van der Waals surface area contributed by atoms with E-state index in [-0.39, 0.29) is 0 Å². The maximum absolute atomic E-state index is 5.08. The SMILES string of the molecule is COCCCCN1CCCN(C(C)C)CC1. The van der Waals surface area contributed by atoms with Gasteiger partial charge in [-0.05, 0) is 52.7 Å². The molecule has 0 aliphatic carbocycles. The first kappa shape index (κ1) is 13.9. The Morgan fingerprint density at radius 3 is 2.56 bits per heavy atom. The van der Waals surface area contributed by atoms with Crippen molar-refractivity contribution in [2.75, 3.05) is 46.4 Å². The zero-order valence-corrected chi connectivity index (χ0v) is 11.2. The molecule has 0 spiro atoms. The average molecular weight is 228 g/mol. The van der Waals surface area contributed by atoms with E-state index in [1.165, 1.54) is 52.0 Å². The largest absolute Gasteiger partial charge is 0.385 e. The fourth-order valence-electron chi connectivity index (χ4n) is 2.31. The van der Waals surface area contributed by atoms with E-state index in [1.54, 1.807) is 7.11 Å². The number of ether oxygens (including phenoxy) is 1. The van der Waals surface area contributed by atoms with Crippen molar-refractivity contribution < 1.29 is 4.74 Å². The summed E-state index contributed by atoms with van der Waals surface area (Å²) >= 11 is 0. The Hall–Kier alpha value is -0.120. The quantitative estimate of drug-likeness (QED) is 0.645. The van der Waals surface area contributed by atoms with Crippen LogP contribution >= 0.6 is 0 Å². The smallest absolute Gasteiger partial charge is 0.0462 e. The second-order valence-corrected chi connectivity index (χ2v) is 5.02. The molecule has 0 radical (unpaired) electrons. The van der Waals surface area contributed by atoms with E-state index in [1.807, 2.05) is 0 Å². The molecule has 16 heavy (non-hydrogen) atoms. The van der Waals surface area contributed by atoms with E-state index in [9.17, 15) is 0 Å². The lowest BCUT2D eigenvalue weighted by Crippen LogP contribution is -2.35. The highest BCUT2D eigenvalue weighted by Crippen LogP contribution is 2.07. The molecule has 0 bridgehead atoms. The van der Waals surface area contributed by atoms with Gasteiger partial charge < -0.3 is 9.64 Å². The highest BCUT2D eigenvalue weighted by molar-refractivity contribution is 4.71. The molecule has 96 valence electrons. The molecule has 1 aliphatic rings. The number of hydrogen-bond acceptors (Lipinski definition) is 3. The molecule has 3 heteroatoms. The van der Waals surface area contributed by atoms with Crippen molar-refractivity contribution in [2.45, 2.75) is 39.2 Å². The minimum absolute atomic E-state index is 0.702. The van der Waals surface area contributed by atoms with Crippen molar-refractivity contribution in [1.82, 2.24) is 9.80 Å². The highest BCUT2D eigenvalue weighted by Gasteiger charge is 2.15. The zero-order chi connectivity index (χ0) is 11.8. The predicted octanol–water partition coefficient (Wildman–Crippen LogP) is 1.83. The highest BCUT2D eigenvalue weighted by atomic mass is 16.5. The summed E-state index contributed by atoms with van der Waals surface area (Å²) < 4.78 is 5.08. The van der Waals surface area contributed by atoms with Crippen molar-refractivity contribution in [3.05, 3.63) is 0 Å². The molecule has 0 unspecified atom stereocenters. The van der Waals surface area contributed by atoms with Crippen molar-refractivity contribution in [1.29, 1.82) is 0 Å². The molecule has 1 fully saturated rings. The van der Waals surface area contributed by atoms with Gasteiger partial charge in [0.15, 0.2) is 0 Å². The molecule has 3 nitrogen and oxygen atoms in total. The molecule has 0 amide bonds. The standard InChI is InChI=1S/C13H28N2O/c1-13(2)15-9-6-8-14(10-11-15)7-4-5-12-16-3/h13H,4-12H2,1-3H3. The molecule has 0 aromatic rings. The van der Waals surface area contributed by atoms with Crippen molar-refractivity contribution in [2.24, 2.45) is 0 Å². The third-order valence-electron chi connectivity index (χ3n) is 3.43. The maximum Gasteiger partial charge on any atom is 0.0462 e. The molecule has 1 heterocycles. The van der Waals surface area contributed by atoms with Crippen LogP contribution in [0.2, 0.25) is 0 Å². The fourth-order valence-corrected chi connectivity index (χ4v) is 2.31. The van der Waals surface area contributed by atoms with E-state index >= 15 is 0 Å². The number of unbranched alkanes of at least 4 members (excludes halogenated alkanes) is 1. The van der Waals surface area contributed by atoms with Gasteiger partial charge in [0, 0.05) is 32.8 Å².